The van der Waals surface area contributed by atoms with E-state index >= 15 is 0 Å². The van der Waals surface area contributed by atoms with Gasteiger partial charge in [-0.15, -0.1) is 0 Å². The van der Waals surface area contributed by atoms with Crippen LogP contribution in [0.1, 0.15) is 46.0 Å². The number of carbonyl (C=O) groups is 4. The highest BCUT2D eigenvalue weighted by molar-refractivity contribution is 6.07. The largest absolute Gasteiger partial charge is 0.491 e. The Morgan fingerprint density at radius 3 is 2.37 bits per heavy atom. The zero-order valence-corrected chi connectivity index (χ0v) is 27.3. The van der Waals surface area contributed by atoms with Crippen molar-refractivity contribution in [3.63, 3.8) is 0 Å². The van der Waals surface area contributed by atoms with Crippen LogP contribution in [0.2, 0.25) is 0 Å². The van der Waals surface area contributed by atoms with Crippen LogP contribution in [0.3, 0.4) is 0 Å². The summed E-state index contributed by atoms with van der Waals surface area (Å²) in [5, 5.41) is 25.4. The lowest BCUT2D eigenvalue weighted by Gasteiger charge is -2.20. The molecule has 0 saturated carbocycles. The Hall–Kier alpha value is -6.22. The molecule has 2 aliphatic rings. The maximum Gasteiger partial charge on any atom is 0.252 e. The number of ether oxygens (including phenoxy) is 1. The minimum absolute atomic E-state index is 0.125. The van der Waals surface area contributed by atoms with Gasteiger partial charge in [-0.25, -0.2) is 8.78 Å². The lowest BCUT2D eigenvalue weighted by atomic mass is 10.1. The fourth-order valence-corrected chi connectivity index (χ4v) is 6.68. The summed E-state index contributed by atoms with van der Waals surface area (Å²) in [4.78, 5) is 59.6. The third kappa shape index (κ3) is 7.23. The summed E-state index contributed by atoms with van der Waals surface area (Å²) >= 11 is 0. The van der Waals surface area contributed by atoms with E-state index in [4.69, 9.17) is 4.74 Å². The first kappa shape index (κ1) is 34.6. The molecule has 2 aliphatic heterocycles. The van der Waals surface area contributed by atoms with Crippen molar-refractivity contribution in [2.24, 2.45) is 0 Å². The first-order chi connectivity index (χ1) is 24.7. The van der Waals surface area contributed by atoms with Crippen LogP contribution < -0.4 is 19.9 Å². The van der Waals surface area contributed by atoms with Gasteiger partial charge >= 0.3 is 0 Å². The molecule has 2 fully saturated rings. The van der Waals surface area contributed by atoms with Crippen LogP contribution >= 0.6 is 0 Å². The van der Waals surface area contributed by atoms with Gasteiger partial charge < -0.3 is 25.2 Å². The van der Waals surface area contributed by atoms with Crippen LogP contribution in [0, 0.1) is 28.5 Å². The van der Waals surface area contributed by atoms with Crippen molar-refractivity contribution >= 4 is 45.4 Å². The molecule has 4 heterocycles. The lowest BCUT2D eigenvalue weighted by Crippen LogP contribution is -2.45. The molecule has 4 amide bonds. The average molecular weight is 696 g/mol. The van der Waals surface area contributed by atoms with Crippen molar-refractivity contribution in [1.29, 1.82) is 10.5 Å². The number of aromatic nitrogens is 2. The minimum atomic E-state index is -0.810. The number of hydrogen-bond donors (Lipinski definition) is 2. The van der Waals surface area contributed by atoms with E-state index in [9.17, 15) is 38.5 Å². The normalized spacial score (nSPS) is 18.3. The Kier molecular flexibility index (Phi) is 10.3. The molecular weight excluding hydrogens is 662 g/mol. The average Bonchev–Trinajstić information content (AvgIpc) is 3.82. The Labute approximate surface area is 291 Å². The predicted octanol–water partition coefficient (Wildman–Crippen LogP) is 2.50. The van der Waals surface area contributed by atoms with Gasteiger partial charge in [-0.2, -0.15) is 15.1 Å². The van der Waals surface area contributed by atoms with E-state index in [1.54, 1.807) is 30.5 Å². The van der Waals surface area contributed by atoms with E-state index in [-0.39, 0.29) is 49.7 Å². The first-order valence-corrected chi connectivity index (χ1v) is 16.4. The smallest absolute Gasteiger partial charge is 0.252 e. The van der Waals surface area contributed by atoms with Crippen molar-refractivity contribution in [2.75, 3.05) is 39.5 Å². The molecule has 4 aromatic rings. The van der Waals surface area contributed by atoms with E-state index in [0.717, 1.165) is 0 Å². The van der Waals surface area contributed by atoms with Crippen molar-refractivity contribution in [3.05, 3.63) is 77.9 Å². The number of likely N-dealkylation sites (tertiary alicyclic amines) is 2. The highest BCUT2D eigenvalue weighted by Gasteiger charge is 2.41. The molecule has 6 rings (SSSR count). The molecule has 13 nitrogen and oxygen atoms in total. The van der Waals surface area contributed by atoms with Crippen molar-refractivity contribution in [3.8, 4) is 17.9 Å². The van der Waals surface area contributed by atoms with Gasteiger partial charge in [-0.1, -0.05) is 0 Å². The zero-order valence-electron chi connectivity index (χ0n) is 27.3. The third-order valence-corrected chi connectivity index (χ3v) is 9.14. The van der Waals surface area contributed by atoms with Crippen molar-refractivity contribution in [1.82, 2.24) is 25.4 Å². The second-order valence-corrected chi connectivity index (χ2v) is 12.2. The fraction of sp³-hybridized carbons (Fsp3) is 0.333. The molecule has 3 atom stereocenters. The second kappa shape index (κ2) is 15.1. The molecule has 260 valence electrons. The molecule has 0 radical (unpaired) electrons. The zero-order chi connectivity index (χ0) is 36.1. The summed E-state index contributed by atoms with van der Waals surface area (Å²) in [5.74, 6) is -2.13. The standard InChI is InChI=1S/C36H32F2N8O5/c37-9-13-51-26-4-6-32-30(16-26)29(36(50)42-19-33(47)45-11-1-2-23(45)17-39)8-12-44(32)25-15-24(18-40)46(21-25)34(48)20-43-35(49)28-7-10-41-31-14-22(38)3-5-27(28)31/h3-8,10,12,14,16,23-25H,1-2,9,11,13,15,19-21H2,(H-,42,43,49,50)/p+1/t23-,24-,25?/m0/s1. The molecule has 2 N–H and O–H groups in total. The molecule has 0 spiro atoms. The van der Waals surface area contributed by atoms with Crippen LogP contribution in [-0.2, 0) is 9.59 Å². The number of nitriles is 2. The van der Waals surface area contributed by atoms with E-state index in [1.807, 2.05) is 4.57 Å². The van der Waals surface area contributed by atoms with Gasteiger partial charge in [0.15, 0.2) is 12.2 Å². The molecule has 0 bridgehead atoms. The van der Waals surface area contributed by atoms with Gasteiger partial charge in [0.2, 0.25) is 17.3 Å². The van der Waals surface area contributed by atoms with Gasteiger partial charge in [-0.3, -0.25) is 24.2 Å². The topological polar surface area (TPSA) is 172 Å². The van der Waals surface area contributed by atoms with E-state index in [0.29, 0.717) is 46.9 Å². The number of pyridine rings is 2. The number of alkyl halides is 1. The number of fused-ring (bicyclic) bond motifs is 2. The Balaban J connectivity index is 1.20. The monoisotopic (exact) mass is 695 g/mol. The van der Waals surface area contributed by atoms with E-state index in [2.05, 4.69) is 27.8 Å². The molecule has 2 aromatic heterocycles. The van der Waals surface area contributed by atoms with Gasteiger partial charge in [-0.05, 0) is 43.2 Å². The predicted molar refractivity (Wildman–Crippen MR) is 177 cm³/mol. The Morgan fingerprint density at radius 2 is 1.65 bits per heavy atom. The molecule has 2 aromatic carbocycles. The molecule has 15 heteroatoms. The highest BCUT2D eigenvalue weighted by atomic mass is 19.1. The minimum Gasteiger partial charge on any atom is -0.491 e. The number of hydrogen-bond acceptors (Lipinski definition) is 8. The van der Waals surface area contributed by atoms with Crippen LogP contribution in [0.25, 0.3) is 21.8 Å². The SMILES string of the molecule is N#C[C@@H]1CCCN1C(=O)CNC(=O)c1cc[n+](C2C[C@@H](C#N)N(C(=O)CNC(=O)c3ccnc4cc(F)ccc34)C2)c2ccc(OCCF)cc12. The maximum absolute atomic E-state index is 13.7. The third-order valence-electron chi connectivity index (χ3n) is 9.14. The number of amides is 4. The summed E-state index contributed by atoms with van der Waals surface area (Å²) in [6.07, 6.45) is 4.59. The van der Waals surface area contributed by atoms with E-state index in [1.165, 1.54) is 40.3 Å². The summed E-state index contributed by atoms with van der Waals surface area (Å²) in [7, 11) is 0. The van der Waals surface area contributed by atoms with Crippen LogP contribution in [0.5, 0.6) is 5.75 Å². The van der Waals surface area contributed by atoms with Crippen molar-refractivity contribution in [2.45, 2.75) is 37.4 Å². The Morgan fingerprint density at radius 1 is 0.922 bits per heavy atom. The summed E-state index contributed by atoms with van der Waals surface area (Å²) in [6, 6.07) is 14.4. The summed E-state index contributed by atoms with van der Waals surface area (Å²) < 4.78 is 33.9. The number of nitrogens with zero attached hydrogens (tertiary/aromatic N) is 6. The van der Waals surface area contributed by atoms with E-state index < -0.39 is 48.3 Å². The molecule has 0 aliphatic carbocycles. The van der Waals surface area contributed by atoms with Gasteiger partial charge in [0.1, 0.15) is 36.9 Å². The van der Waals surface area contributed by atoms with Gasteiger partial charge in [0.25, 0.3) is 11.8 Å². The quantitative estimate of drug-likeness (QED) is 0.238. The molecule has 51 heavy (non-hydrogen) atoms. The number of halogens is 2. The molecular formula is C36H33F2N8O5+. The number of benzene rings is 2. The maximum atomic E-state index is 13.7. The van der Waals surface area contributed by atoms with Gasteiger partial charge in [0, 0.05) is 42.7 Å². The summed E-state index contributed by atoms with van der Waals surface area (Å²) in [6.45, 7) is -1.04. The number of rotatable bonds is 10. The summed E-state index contributed by atoms with van der Waals surface area (Å²) in [5.41, 5.74) is 1.29. The van der Waals surface area contributed by atoms with Crippen molar-refractivity contribution < 1.29 is 37.3 Å². The highest BCUT2D eigenvalue weighted by Crippen LogP contribution is 2.28. The van der Waals surface area contributed by atoms with Crippen LogP contribution in [-0.4, -0.2) is 90.0 Å². The Bertz CT molecular complexity index is 2120. The van der Waals surface area contributed by atoms with Gasteiger partial charge in [0.05, 0.1) is 53.8 Å². The second-order valence-electron chi connectivity index (χ2n) is 12.2. The van der Waals surface area contributed by atoms with Crippen LogP contribution in [0.4, 0.5) is 8.78 Å². The number of carbonyl (C=O) groups excluding carboxylic acids is 4. The molecule has 2 saturated heterocycles. The number of nitrogens with one attached hydrogen (secondary N) is 2. The molecule has 1 unspecified atom stereocenters. The first-order valence-electron chi connectivity index (χ1n) is 16.4. The lowest BCUT2D eigenvalue weighted by molar-refractivity contribution is -0.695. The van der Waals surface area contributed by atoms with Crippen LogP contribution in [0.15, 0.2) is 60.9 Å². The fourth-order valence-electron chi connectivity index (χ4n) is 6.68.